The van der Waals surface area contributed by atoms with Gasteiger partial charge < -0.3 is 20.2 Å². The third-order valence-corrected chi connectivity index (χ3v) is 5.07. The van der Waals surface area contributed by atoms with Gasteiger partial charge in [0.2, 0.25) is 5.95 Å². The molecule has 0 aliphatic heterocycles. The number of aromatic nitrogens is 2. The van der Waals surface area contributed by atoms with Crippen LogP contribution >= 0.6 is 0 Å². The third-order valence-electron chi connectivity index (χ3n) is 5.07. The van der Waals surface area contributed by atoms with E-state index in [1.165, 1.54) is 5.56 Å². The van der Waals surface area contributed by atoms with Crippen molar-refractivity contribution in [1.29, 1.82) is 0 Å². The molecule has 0 bridgehead atoms. The Bertz CT molecular complexity index is 963. The molecule has 0 spiro atoms. The van der Waals surface area contributed by atoms with Crippen LogP contribution in [-0.2, 0) is 6.54 Å². The molecule has 7 nitrogen and oxygen atoms in total. The van der Waals surface area contributed by atoms with E-state index in [-0.39, 0.29) is 5.75 Å². The van der Waals surface area contributed by atoms with E-state index in [9.17, 15) is 5.11 Å². The highest BCUT2D eigenvalue weighted by atomic mass is 16.3. The van der Waals surface area contributed by atoms with Gasteiger partial charge in [-0.3, -0.25) is 4.90 Å². The van der Waals surface area contributed by atoms with Crippen LogP contribution in [0, 0.1) is 0 Å². The first kappa shape index (κ1) is 22.4. The zero-order valence-electron chi connectivity index (χ0n) is 18.8. The van der Waals surface area contributed by atoms with Crippen molar-refractivity contribution in [3.8, 4) is 5.75 Å². The Labute approximate surface area is 185 Å². The van der Waals surface area contributed by atoms with Crippen LogP contribution in [0.4, 0.5) is 23.3 Å². The molecular formula is C24H32N6O. The minimum Gasteiger partial charge on any atom is -0.508 e. The van der Waals surface area contributed by atoms with Gasteiger partial charge in [0.1, 0.15) is 17.4 Å². The fourth-order valence-corrected chi connectivity index (χ4v) is 3.20. The van der Waals surface area contributed by atoms with Crippen LogP contribution in [0.1, 0.15) is 12.5 Å². The van der Waals surface area contributed by atoms with Crippen molar-refractivity contribution < 1.29 is 5.11 Å². The van der Waals surface area contributed by atoms with Gasteiger partial charge in [0.05, 0.1) is 0 Å². The molecule has 0 unspecified atom stereocenters. The van der Waals surface area contributed by atoms with E-state index in [0.29, 0.717) is 11.8 Å². The van der Waals surface area contributed by atoms with Crippen LogP contribution in [-0.4, -0.2) is 60.8 Å². The number of hydrogen-bond donors (Lipinski definition) is 2. The molecule has 0 fully saturated rings. The van der Waals surface area contributed by atoms with Gasteiger partial charge in [-0.25, -0.2) is 0 Å². The summed E-state index contributed by atoms with van der Waals surface area (Å²) in [5.41, 5.74) is 2.09. The fourth-order valence-electron chi connectivity index (χ4n) is 3.20. The number of nitrogens with one attached hydrogen (secondary N) is 1. The number of benzene rings is 2. The molecule has 3 rings (SSSR count). The van der Waals surface area contributed by atoms with Crippen LogP contribution in [0.2, 0.25) is 0 Å². The van der Waals surface area contributed by atoms with E-state index in [2.05, 4.69) is 46.3 Å². The number of anilines is 4. The van der Waals surface area contributed by atoms with E-state index in [1.807, 2.05) is 44.2 Å². The van der Waals surface area contributed by atoms with Crippen molar-refractivity contribution in [3.63, 3.8) is 0 Å². The number of likely N-dealkylation sites (N-methyl/N-ethyl adjacent to an activating group) is 2. The lowest BCUT2D eigenvalue weighted by Gasteiger charge is -2.25. The van der Waals surface area contributed by atoms with Gasteiger partial charge in [0.25, 0.3) is 0 Å². The molecule has 1 heterocycles. The predicted octanol–water partition coefficient (Wildman–Crippen LogP) is 3.95. The van der Waals surface area contributed by atoms with Gasteiger partial charge >= 0.3 is 0 Å². The molecule has 1 aromatic heterocycles. The number of phenols is 1. The molecule has 0 atom stereocenters. The Morgan fingerprint density at radius 2 is 1.68 bits per heavy atom. The molecule has 0 saturated heterocycles. The second-order valence-corrected chi connectivity index (χ2v) is 7.76. The van der Waals surface area contributed by atoms with Gasteiger partial charge in [0.15, 0.2) is 0 Å². The number of hydrogen-bond acceptors (Lipinski definition) is 7. The maximum atomic E-state index is 9.73. The average molecular weight is 421 g/mol. The monoisotopic (exact) mass is 420 g/mol. The van der Waals surface area contributed by atoms with Gasteiger partial charge in [-0.15, -0.1) is 0 Å². The van der Waals surface area contributed by atoms with Crippen LogP contribution in [0.3, 0.4) is 0 Å². The van der Waals surface area contributed by atoms with Crippen LogP contribution in [0.5, 0.6) is 5.75 Å². The summed E-state index contributed by atoms with van der Waals surface area (Å²) in [6.07, 6.45) is 0. The molecule has 0 radical (unpaired) electrons. The van der Waals surface area contributed by atoms with Crippen molar-refractivity contribution in [3.05, 3.63) is 66.2 Å². The van der Waals surface area contributed by atoms with E-state index < -0.39 is 0 Å². The maximum absolute atomic E-state index is 9.73. The van der Waals surface area contributed by atoms with Gasteiger partial charge in [-0.2, -0.15) is 9.97 Å². The highest BCUT2D eigenvalue weighted by molar-refractivity contribution is 5.62. The van der Waals surface area contributed by atoms with E-state index >= 15 is 0 Å². The number of rotatable bonds is 10. The summed E-state index contributed by atoms with van der Waals surface area (Å²) >= 11 is 0. The number of aromatic hydroxyl groups is 1. The Kier molecular flexibility index (Phi) is 7.67. The van der Waals surface area contributed by atoms with Crippen molar-refractivity contribution in [2.75, 3.05) is 55.9 Å². The third kappa shape index (κ3) is 6.58. The Morgan fingerprint density at radius 1 is 0.903 bits per heavy atom. The molecule has 3 aromatic rings. The molecule has 0 saturated carbocycles. The molecule has 0 amide bonds. The summed E-state index contributed by atoms with van der Waals surface area (Å²) in [5, 5.41) is 13.0. The summed E-state index contributed by atoms with van der Waals surface area (Å²) in [6.45, 7) is 5.80. The fraction of sp³-hybridized carbons (Fsp3) is 0.333. The lowest BCUT2D eigenvalue weighted by Crippen LogP contribution is -2.33. The highest BCUT2D eigenvalue weighted by Gasteiger charge is 2.12. The highest BCUT2D eigenvalue weighted by Crippen LogP contribution is 2.23. The minimum atomic E-state index is 0.210. The van der Waals surface area contributed by atoms with Crippen LogP contribution in [0.15, 0.2) is 60.7 Å². The zero-order valence-corrected chi connectivity index (χ0v) is 18.8. The molecule has 0 aliphatic carbocycles. The lowest BCUT2D eigenvalue weighted by atomic mass is 10.2. The first-order valence-electron chi connectivity index (χ1n) is 10.5. The molecule has 2 aromatic carbocycles. The van der Waals surface area contributed by atoms with E-state index in [4.69, 9.17) is 9.97 Å². The molecular weight excluding hydrogens is 388 g/mol. The molecule has 164 valence electrons. The normalized spacial score (nSPS) is 10.9. The first-order valence-corrected chi connectivity index (χ1v) is 10.5. The smallest absolute Gasteiger partial charge is 0.229 e. The second-order valence-electron chi connectivity index (χ2n) is 7.76. The Hall–Kier alpha value is -3.32. The van der Waals surface area contributed by atoms with Gasteiger partial charge in [-0.05, 0) is 24.2 Å². The molecule has 2 N–H and O–H groups in total. The zero-order chi connectivity index (χ0) is 22.2. The van der Waals surface area contributed by atoms with Crippen LogP contribution < -0.4 is 15.1 Å². The quantitative estimate of drug-likeness (QED) is 0.515. The molecule has 31 heavy (non-hydrogen) atoms. The topological polar surface area (TPSA) is 67.8 Å². The summed E-state index contributed by atoms with van der Waals surface area (Å²) in [6, 6.07) is 19.4. The van der Waals surface area contributed by atoms with E-state index in [1.54, 1.807) is 18.2 Å². The summed E-state index contributed by atoms with van der Waals surface area (Å²) in [5.74, 6) is 2.37. The largest absolute Gasteiger partial charge is 0.508 e. The molecule has 7 heteroatoms. The summed E-state index contributed by atoms with van der Waals surface area (Å²) in [4.78, 5) is 15.9. The maximum Gasteiger partial charge on any atom is 0.229 e. The molecule has 0 aliphatic rings. The predicted molar refractivity (Wildman–Crippen MR) is 128 cm³/mol. The van der Waals surface area contributed by atoms with Crippen molar-refractivity contribution >= 4 is 23.3 Å². The van der Waals surface area contributed by atoms with Crippen molar-refractivity contribution in [2.45, 2.75) is 13.5 Å². The van der Waals surface area contributed by atoms with Gasteiger partial charge in [-0.1, -0.05) is 43.3 Å². The van der Waals surface area contributed by atoms with Crippen LogP contribution in [0.25, 0.3) is 0 Å². The standard InChI is InChI=1S/C24H32N6O/c1-5-30(18-19-10-7-6-8-11-19)15-14-29(4)24-26-22(17-23(27-24)28(2)3)25-20-12-9-13-21(31)16-20/h6-13,16-17,31H,5,14-15,18H2,1-4H3,(H,25,26,27). The number of phenolic OH excluding ortho intramolecular Hbond substituents is 1. The van der Waals surface area contributed by atoms with E-state index in [0.717, 1.165) is 37.7 Å². The Balaban J connectivity index is 1.71. The first-order chi connectivity index (χ1) is 14.9. The Morgan fingerprint density at radius 3 is 2.35 bits per heavy atom. The van der Waals surface area contributed by atoms with Gasteiger partial charge in [0, 0.05) is 58.6 Å². The van der Waals surface area contributed by atoms with Crippen molar-refractivity contribution in [2.24, 2.45) is 0 Å². The number of nitrogens with zero attached hydrogens (tertiary/aromatic N) is 5. The lowest BCUT2D eigenvalue weighted by molar-refractivity contribution is 0.286. The average Bonchev–Trinajstić information content (AvgIpc) is 2.76. The minimum absolute atomic E-state index is 0.210. The second kappa shape index (κ2) is 10.6. The van der Waals surface area contributed by atoms with Crippen molar-refractivity contribution in [1.82, 2.24) is 14.9 Å². The summed E-state index contributed by atoms with van der Waals surface area (Å²) in [7, 11) is 5.94. The SMILES string of the molecule is CCN(CCN(C)c1nc(Nc2cccc(O)c2)cc(N(C)C)n1)Cc1ccccc1. The summed E-state index contributed by atoms with van der Waals surface area (Å²) < 4.78 is 0.